The van der Waals surface area contributed by atoms with Crippen LogP contribution in [-0.2, 0) is 11.3 Å². The Labute approximate surface area is 175 Å². The molecular formula is C20H35IN4O. The Balaban J connectivity index is 0.00000338. The fraction of sp³-hybridized carbons (Fsp3) is 0.700. The van der Waals surface area contributed by atoms with E-state index in [-0.39, 0.29) is 24.0 Å². The van der Waals surface area contributed by atoms with E-state index in [0.29, 0.717) is 12.6 Å². The van der Waals surface area contributed by atoms with Gasteiger partial charge in [-0.15, -0.1) is 24.0 Å². The molecule has 0 bridgehead atoms. The first-order valence-electron chi connectivity index (χ1n) is 9.92. The third kappa shape index (κ3) is 10.3. The van der Waals surface area contributed by atoms with E-state index in [1.165, 1.54) is 38.5 Å². The van der Waals surface area contributed by atoms with Crippen molar-refractivity contribution in [1.29, 1.82) is 0 Å². The van der Waals surface area contributed by atoms with Crippen LogP contribution in [0.5, 0.6) is 0 Å². The average Bonchev–Trinajstić information content (AvgIpc) is 2.67. The zero-order chi connectivity index (χ0) is 17.6. The predicted molar refractivity (Wildman–Crippen MR) is 119 cm³/mol. The van der Waals surface area contributed by atoms with Crippen LogP contribution in [0.4, 0.5) is 0 Å². The molecule has 148 valence electrons. The van der Waals surface area contributed by atoms with E-state index in [1.807, 2.05) is 18.2 Å². The summed E-state index contributed by atoms with van der Waals surface area (Å²) in [5, 5.41) is 6.69. The maximum absolute atomic E-state index is 5.97. The van der Waals surface area contributed by atoms with Gasteiger partial charge in [-0.2, -0.15) is 0 Å². The highest BCUT2D eigenvalue weighted by Crippen LogP contribution is 2.20. The number of rotatable bonds is 10. The summed E-state index contributed by atoms with van der Waals surface area (Å²) in [7, 11) is 0. The van der Waals surface area contributed by atoms with Gasteiger partial charge in [-0.1, -0.05) is 25.3 Å². The van der Waals surface area contributed by atoms with Gasteiger partial charge in [0.1, 0.15) is 0 Å². The van der Waals surface area contributed by atoms with E-state index in [4.69, 9.17) is 4.74 Å². The molecule has 5 nitrogen and oxygen atoms in total. The molecular weight excluding hydrogens is 439 g/mol. The number of nitrogens with zero attached hydrogens (tertiary/aromatic N) is 2. The molecule has 1 aliphatic carbocycles. The molecule has 0 unspecified atom stereocenters. The number of guanidine groups is 1. The standard InChI is InChI=1S/C20H34N4O.HI/c1-2-21-20(24-17-18-11-7-9-14-22-18)23-15-8-4-10-16-25-19-12-5-3-6-13-19;/h7,9,11,14,19H,2-6,8,10,12-13,15-17H2,1H3,(H2,21,23,24);1H. The molecule has 1 aliphatic rings. The number of pyridine rings is 1. The van der Waals surface area contributed by atoms with Crippen molar-refractivity contribution < 1.29 is 4.74 Å². The van der Waals surface area contributed by atoms with E-state index in [9.17, 15) is 0 Å². The van der Waals surface area contributed by atoms with Gasteiger partial charge in [0, 0.05) is 25.9 Å². The van der Waals surface area contributed by atoms with Crippen LogP contribution in [0.3, 0.4) is 0 Å². The molecule has 26 heavy (non-hydrogen) atoms. The first-order valence-corrected chi connectivity index (χ1v) is 9.92. The van der Waals surface area contributed by atoms with Crippen LogP contribution in [0.15, 0.2) is 29.4 Å². The van der Waals surface area contributed by atoms with Crippen LogP contribution in [0.25, 0.3) is 0 Å². The second-order valence-electron chi connectivity index (χ2n) is 6.63. The van der Waals surface area contributed by atoms with Crippen molar-refractivity contribution in [2.75, 3.05) is 19.7 Å². The van der Waals surface area contributed by atoms with E-state index < -0.39 is 0 Å². The number of ether oxygens (including phenoxy) is 1. The zero-order valence-electron chi connectivity index (χ0n) is 16.1. The molecule has 1 saturated carbocycles. The lowest BCUT2D eigenvalue weighted by atomic mass is 9.98. The lowest BCUT2D eigenvalue weighted by Crippen LogP contribution is -2.37. The first-order chi connectivity index (χ1) is 12.4. The smallest absolute Gasteiger partial charge is 0.191 e. The molecule has 1 heterocycles. The van der Waals surface area contributed by atoms with Crippen molar-refractivity contribution in [2.24, 2.45) is 4.99 Å². The summed E-state index contributed by atoms with van der Waals surface area (Å²) in [5.41, 5.74) is 0.986. The maximum Gasteiger partial charge on any atom is 0.191 e. The zero-order valence-corrected chi connectivity index (χ0v) is 18.4. The topological polar surface area (TPSA) is 58.5 Å². The van der Waals surface area contributed by atoms with Crippen molar-refractivity contribution in [2.45, 2.75) is 70.9 Å². The van der Waals surface area contributed by atoms with E-state index in [0.717, 1.165) is 44.2 Å². The molecule has 0 radical (unpaired) electrons. The molecule has 0 aliphatic heterocycles. The molecule has 0 saturated heterocycles. The minimum Gasteiger partial charge on any atom is -0.378 e. The van der Waals surface area contributed by atoms with Gasteiger partial charge in [-0.25, -0.2) is 4.99 Å². The fourth-order valence-electron chi connectivity index (χ4n) is 3.09. The second kappa shape index (κ2) is 15.2. The van der Waals surface area contributed by atoms with Gasteiger partial charge in [-0.3, -0.25) is 4.98 Å². The molecule has 2 rings (SSSR count). The Hall–Kier alpha value is -0.890. The van der Waals surface area contributed by atoms with E-state index >= 15 is 0 Å². The number of unbranched alkanes of at least 4 members (excludes halogenated alkanes) is 2. The summed E-state index contributed by atoms with van der Waals surface area (Å²) in [6.07, 6.45) is 12.4. The number of nitrogens with one attached hydrogen (secondary N) is 2. The van der Waals surface area contributed by atoms with Gasteiger partial charge in [0.2, 0.25) is 0 Å². The van der Waals surface area contributed by atoms with Crippen LogP contribution in [0.1, 0.15) is 64.0 Å². The van der Waals surface area contributed by atoms with Gasteiger partial charge in [0.15, 0.2) is 5.96 Å². The minimum absolute atomic E-state index is 0. The maximum atomic E-state index is 5.97. The van der Waals surface area contributed by atoms with Crippen molar-refractivity contribution in [3.63, 3.8) is 0 Å². The Kier molecular flexibility index (Phi) is 13.5. The molecule has 2 N–H and O–H groups in total. The number of hydrogen-bond donors (Lipinski definition) is 2. The number of aromatic nitrogens is 1. The summed E-state index contributed by atoms with van der Waals surface area (Å²) in [4.78, 5) is 8.89. The Morgan fingerprint density at radius 2 is 2.00 bits per heavy atom. The Bertz CT molecular complexity index is 478. The normalized spacial score (nSPS) is 15.3. The number of hydrogen-bond acceptors (Lipinski definition) is 3. The van der Waals surface area contributed by atoms with Crippen LogP contribution in [-0.4, -0.2) is 36.7 Å². The molecule has 0 atom stereocenters. The van der Waals surface area contributed by atoms with E-state index in [2.05, 4.69) is 27.5 Å². The Morgan fingerprint density at radius 1 is 1.15 bits per heavy atom. The third-order valence-electron chi connectivity index (χ3n) is 4.49. The predicted octanol–water partition coefficient (Wildman–Crippen LogP) is 4.27. The van der Waals surface area contributed by atoms with Crippen molar-refractivity contribution >= 4 is 29.9 Å². The van der Waals surface area contributed by atoms with Gasteiger partial charge < -0.3 is 15.4 Å². The highest BCUT2D eigenvalue weighted by atomic mass is 127. The van der Waals surface area contributed by atoms with Crippen LogP contribution in [0, 0.1) is 0 Å². The number of halogens is 1. The third-order valence-corrected chi connectivity index (χ3v) is 4.49. The highest BCUT2D eigenvalue weighted by Gasteiger charge is 2.12. The second-order valence-corrected chi connectivity index (χ2v) is 6.63. The van der Waals surface area contributed by atoms with E-state index in [1.54, 1.807) is 6.20 Å². The van der Waals surface area contributed by atoms with Crippen LogP contribution in [0.2, 0.25) is 0 Å². The molecule has 0 aromatic carbocycles. The molecule has 0 spiro atoms. The lowest BCUT2D eigenvalue weighted by Gasteiger charge is -2.21. The van der Waals surface area contributed by atoms with Gasteiger partial charge in [0.25, 0.3) is 0 Å². The van der Waals surface area contributed by atoms with Crippen molar-refractivity contribution in [3.8, 4) is 0 Å². The summed E-state index contributed by atoms with van der Waals surface area (Å²) in [6.45, 7) is 5.41. The molecule has 1 fully saturated rings. The van der Waals surface area contributed by atoms with Crippen molar-refractivity contribution in [1.82, 2.24) is 15.6 Å². The van der Waals surface area contributed by atoms with Crippen LogP contribution < -0.4 is 10.6 Å². The van der Waals surface area contributed by atoms with Crippen LogP contribution >= 0.6 is 24.0 Å². The largest absolute Gasteiger partial charge is 0.378 e. The summed E-state index contributed by atoms with van der Waals surface area (Å²) < 4.78 is 5.97. The molecule has 6 heteroatoms. The van der Waals surface area contributed by atoms with Gasteiger partial charge in [-0.05, 0) is 51.2 Å². The first kappa shape index (κ1) is 23.1. The minimum atomic E-state index is 0. The fourth-order valence-corrected chi connectivity index (χ4v) is 3.09. The Morgan fingerprint density at radius 3 is 2.73 bits per heavy atom. The monoisotopic (exact) mass is 474 g/mol. The molecule has 1 aromatic heterocycles. The summed E-state index contributed by atoms with van der Waals surface area (Å²) in [5.74, 6) is 0.867. The summed E-state index contributed by atoms with van der Waals surface area (Å²) in [6, 6.07) is 5.92. The summed E-state index contributed by atoms with van der Waals surface area (Å²) >= 11 is 0. The highest BCUT2D eigenvalue weighted by molar-refractivity contribution is 14.0. The van der Waals surface area contributed by atoms with Gasteiger partial charge in [0.05, 0.1) is 18.3 Å². The SMILES string of the molecule is CCNC(=NCc1ccccn1)NCCCCCOC1CCCCC1.I. The molecule has 1 aromatic rings. The number of aliphatic imine (C=N–C) groups is 1. The average molecular weight is 474 g/mol. The molecule has 0 amide bonds. The lowest BCUT2D eigenvalue weighted by molar-refractivity contribution is 0.0264. The van der Waals surface area contributed by atoms with Crippen molar-refractivity contribution in [3.05, 3.63) is 30.1 Å². The van der Waals surface area contributed by atoms with Gasteiger partial charge >= 0.3 is 0 Å². The quantitative estimate of drug-likeness (QED) is 0.230.